The molecule has 0 aliphatic carbocycles. The summed E-state index contributed by atoms with van der Waals surface area (Å²) >= 11 is 1.38. The van der Waals surface area contributed by atoms with Crippen LogP contribution in [0.5, 0.6) is 0 Å². The van der Waals surface area contributed by atoms with Crippen LogP contribution in [0.1, 0.15) is 20.8 Å². The van der Waals surface area contributed by atoms with Crippen LogP contribution >= 0.6 is 11.3 Å². The molecule has 0 fully saturated rings. The molecule has 1 nitrogen and oxygen atoms in total. The third-order valence-electron chi connectivity index (χ3n) is 2.23. The third-order valence-corrected chi connectivity index (χ3v) is 3.11. The molecule has 2 aromatic rings. The molecule has 1 aromatic carbocycles. The summed E-state index contributed by atoms with van der Waals surface area (Å²) in [5.41, 5.74) is 1.51. The number of halogens is 1. The maximum atomic E-state index is 13.3. The highest BCUT2D eigenvalue weighted by Crippen LogP contribution is 2.19. The molecule has 0 amide bonds. The van der Waals surface area contributed by atoms with E-state index in [1.54, 1.807) is 18.2 Å². The van der Waals surface area contributed by atoms with Gasteiger partial charge in [0.25, 0.3) is 0 Å². The first-order valence-corrected chi connectivity index (χ1v) is 5.44. The lowest BCUT2D eigenvalue weighted by atomic mass is 10.1. The molecule has 15 heavy (non-hydrogen) atoms. The molecular weight excluding hydrogens is 211 g/mol. The fourth-order valence-electron chi connectivity index (χ4n) is 1.44. The molecular formula is C12H9FOS. The Labute approximate surface area is 91.2 Å². The van der Waals surface area contributed by atoms with Crippen molar-refractivity contribution >= 4 is 17.6 Å². The van der Waals surface area contributed by atoms with Crippen molar-refractivity contribution in [1.82, 2.24) is 0 Å². The van der Waals surface area contributed by atoms with Gasteiger partial charge >= 0.3 is 0 Å². The second kappa shape index (κ2) is 4.36. The number of carbonyl (C=O) groups is 1. The van der Waals surface area contributed by atoms with Crippen LogP contribution < -0.4 is 0 Å². The van der Waals surface area contributed by atoms with Crippen molar-refractivity contribution in [2.75, 3.05) is 0 Å². The summed E-state index contributed by atoms with van der Waals surface area (Å²) in [6.45, 7) is 0. The molecule has 1 heterocycles. The molecule has 0 bridgehead atoms. The highest BCUT2D eigenvalue weighted by atomic mass is 32.1. The summed E-state index contributed by atoms with van der Waals surface area (Å²) in [7, 11) is 0. The van der Waals surface area contributed by atoms with Gasteiger partial charge in [0, 0.05) is 6.42 Å². The summed E-state index contributed by atoms with van der Waals surface area (Å²) in [6, 6.07) is 8.49. The molecule has 0 saturated carbocycles. The second-order valence-electron chi connectivity index (χ2n) is 3.20. The Balaban J connectivity index is 2.29. The molecule has 0 aliphatic heterocycles. The topological polar surface area (TPSA) is 17.1 Å². The van der Waals surface area contributed by atoms with Crippen LogP contribution in [0.2, 0.25) is 0 Å². The number of rotatable bonds is 3. The predicted molar refractivity (Wildman–Crippen MR) is 58.9 cm³/mol. The van der Waals surface area contributed by atoms with Crippen LogP contribution in [-0.4, -0.2) is 6.29 Å². The van der Waals surface area contributed by atoms with Gasteiger partial charge in [-0.15, -0.1) is 11.3 Å². The quantitative estimate of drug-likeness (QED) is 0.725. The minimum atomic E-state index is -0.222. The Morgan fingerprint density at radius 2 is 2.00 bits per heavy atom. The summed E-state index contributed by atoms with van der Waals surface area (Å²) in [5.74, 6) is -0.222. The summed E-state index contributed by atoms with van der Waals surface area (Å²) in [4.78, 5) is 11.4. The molecule has 3 heteroatoms. The van der Waals surface area contributed by atoms with Crippen LogP contribution in [0.4, 0.5) is 4.39 Å². The number of thiophene rings is 1. The van der Waals surface area contributed by atoms with Crippen molar-refractivity contribution in [1.29, 1.82) is 0 Å². The zero-order valence-corrected chi connectivity index (χ0v) is 8.76. The van der Waals surface area contributed by atoms with Crippen molar-refractivity contribution in [2.45, 2.75) is 6.42 Å². The summed E-state index contributed by atoms with van der Waals surface area (Å²) < 4.78 is 13.3. The fourth-order valence-corrected chi connectivity index (χ4v) is 2.17. The van der Waals surface area contributed by atoms with Gasteiger partial charge < -0.3 is 0 Å². The first-order chi connectivity index (χ1) is 7.31. The Hall–Kier alpha value is -1.48. The molecule has 2 rings (SSSR count). The molecule has 0 radical (unpaired) electrons. The van der Waals surface area contributed by atoms with Crippen molar-refractivity contribution in [2.24, 2.45) is 0 Å². The Kier molecular flexibility index (Phi) is 2.92. The maximum Gasteiger partial charge on any atom is 0.160 e. The van der Waals surface area contributed by atoms with Crippen molar-refractivity contribution in [3.8, 4) is 0 Å². The van der Waals surface area contributed by atoms with Gasteiger partial charge in [-0.25, -0.2) is 4.39 Å². The van der Waals surface area contributed by atoms with Crippen molar-refractivity contribution in [3.63, 3.8) is 0 Å². The van der Waals surface area contributed by atoms with Gasteiger partial charge in [0.15, 0.2) is 6.29 Å². The Morgan fingerprint density at radius 1 is 1.20 bits per heavy atom. The normalized spacial score (nSPS) is 10.2. The zero-order chi connectivity index (χ0) is 10.7. The lowest BCUT2D eigenvalue weighted by Gasteiger charge is -2.01. The van der Waals surface area contributed by atoms with Crippen molar-refractivity contribution < 1.29 is 9.18 Å². The van der Waals surface area contributed by atoms with Gasteiger partial charge in [-0.05, 0) is 28.6 Å². The minimum absolute atomic E-state index is 0.222. The van der Waals surface area contributed by atoms with Crippen molar-refractivity contribution in [3.05, 3.63) is 57.5 Å². The molecule has 0 atom stereocenters. The molecule has 0 N–H and O–H groups in total. The van der Waals surface area contributed by atoms with Gasteiger partial charge in [0.05, 0.1) is 4.88 Å². The van der Waals surface area contributed by atoms with E-state index < -0.39 is 0 Å². The van der Waals surface area contributed by atoms with E-state index in [9.17, 15) is 9.18 Å². The number of aldehydes is 1. The van der Waals surface area contributed by atoms with Gasteiger partial charge in [0.2, 0.25) is 0 Å². The molecule has 0 unspecified atom stereocenters. The van der Waals surface area contributed by atoms with Gasteiger partial charge in [-0.2, -0.15) is 0 Å². The molecule has 76 valence electrons. The zero-order valence-electron chi connectivity index (χ0n) is 7.94. The Bertz CT molecular complexity index is 476. The smallest absolute Gasteiger partial charge is 0.160 e. The molecule has 1 aromatic heterocycles. The number of benzene rings is 1. The standard InChI is InChI=1S/C12H9FOS/c13-11-4-2-1-3-9(11)7-10-5-6-15-12(10)8-14/h1-6,8H,7H2. The van der Waals surface area contributed by atoms with Gasteiger partial charge in [0.1, 0.15) is 5.82 Å². The first-order valence-electron chi connectivity index (χ1n) is 4.56. The van der Waals surface area contributed by atoms with Crippen LogP contribution in [0.15, 0.2) is 35.7 Å². The highest BCUT2D eigenvalue weighted by molar-refractivity contribution is 7.11. The van der Waals surface area contributed by atoms with Crippen LogP contribution in [0.25, 0.3) is 0 Å². The second-order valence-corrected chi connectivity index (χ2v) is 4.14. The van der Waals surface area contributed by atoms with E-state index in [2.05, 4.69) is 0 Å². The average molecular weight is 220 g/mol. The average Bonchev–Trinajstić information content (AvgIpc) is 2.69. The lowest BCUT2D eigenvalue weighted by Crippen LogP contribution is -1.93. The van der Waals surface area contributed by atoms with E-state index in [0.717, 1.165) is 11.8 Å². The summed E-state index contributed by atoms with van der Waals surface area (Å²) in [6.07, 6.45) is 1.30. The van der Waals surface area contributed by atoms with E-state index in [1.807, 2.05) is 11.4 Å². The molecule has 0 saturated heterocycles. The van der Waals surface area contributed by atoms with E-state index in [1.165, 1.54) is 17.4 Å². The summed E-state index contributed by atoms with van der Waals surface area (Å²) in [5, 5.41) is 1.85. The van der Waals surface area contributed by atoms with Crippen LogP contribution in [-0.2, 0) is 6.42 Å². The van der Waals surface area contributed by atoms with E-state index in [0.29, 0.717) is 16.9 Å². The van der Waals surface area contributed by atoms with Crippen LogP contribution in [0.3, 0.4) is 0 Å². The van der Waals surface area contributed by atoms with Gasteiger partial charge in [-0.1, -0.05) is 18.2 Å². The van der Waals surface area contributed by atoms with E-state index in [-0.39, 0.29) is 5.82 Å². The van der Waals surface area contributed by atoms with Gasteiger partial charge in [-0.3, -0.25) is 4.79 Å². The predicted octanol–water partition coefficient (Wildman–Crippen LogP) is 3.29. The highest BCUT2D eigenvalue weighted by Gasteiger charge is 2.06. The SMILES string of the molecule is O=Cc1sccc1Cc1ccccc1F. The van der Waals surface area contributed by atoms with E-state index >= 15 is 0 Å². The fraction of sp³-hybridized carbons (Fsp3) is 0.0833. The largest absolute Gasteiger partial charge is 0.297 e. The number of hydrogen-bond acceptors (Lipinski definition) is 2. The lowest BCUT2D eigenvalue weighted by molar-refractivity contribution is 0.112. The number of hydrogen-bond donors (Lipinski definition) is 0. The van der Waals surface area contributed by atoms with Crippen LogP contribution in [0, 0.1) is 5.82 Å². The third kappa shape index (κ3) is 2.13. The Morgan fingerprint density at radius 3 is 2.73 bits per heavy atom. The number of carbonyl (C=O) groups excluding carboxylic acids is 1. The van der Waals surface area contributed by atoms with E-state index in [4.69, 9.17) is 0 Å². The maximum absolute atomic E-state index is 13.3. The molecule has 0 aliphatic rings. The monoisotopic (exact) mass is 220 g/mol. The molecule has 0 spiro atoms. The first kappa shape index (κ1) is 10.1. The minimum Gasteiger partial charge on any atom is -0.297 e.